The van der Waals surface area contributed by atoms with E-state index in [4.69, 9.17) is 21.1 Å². The van der Waals surface area contributed by atoms with Gasteiger partial charge in [-0.1, -0.05) is 23.7 Å². The summed E-state index contributed by atoms with van der Waals surface area (Å²) in [7, 11) is 1.05. The Morgan fingerprint density at radius 3 is 2.45 bits per heavy atom. The quantitative estimate of drug-likeness (QED) is 0.437. The molecule has 29 heavy (non-hydrogen) atoms. The molecule has 0 bridgehead atoms. The minimum Gasteiger partial charge on any atom is -0.504 e. The summed E-state index contributed by atoms with van der Waals surface area (Å²) in [5.74, 6) is -1.30. The third-order valence-corrected chi connectivity index (χ3v) is 4.00. The number of rotatable bonds is 5. The van der Waals surface area contributed by atoms with Crippen LogP contribution in [0.3, 0.4) is 0 Å². The van der Waals surface area contributed by atoms with Gasteiger partial charge in [0.15, 0.2) is 17.2 Å². The average Bonchev–Trinajstić information content (AvgIpc) is 2.90. The second kappa shape index (κ2) is 7.51. The summed E-state index contributed by atoms with van der Waals surface area (Å²) in [6, 6.07) is 9.00. The van der Waals surface area contributed by atoms with Gasteiger partial charge in [0, 0.05) is 19.2 Å². The SMILES string of the molecule is Cn1nc(Oc2ccc([N+](=O)[O-])c(Oc3ccccc3O)c2)c(Cl)c1C(F)(F)F. The van der Waals surface area contributed by atoms with Crippen LogP contribution in [-0.2, 0) is 13.2 Å². The van der Waals surface area contributed by atoms with Gasteiger partial charge in [0.2, 0.25) is 5.75 Å². The maximum Gasteiger partial charge on any atom is 0.434 e. The zero-order valence-electron chi connectivity index (χ0n) is 14.5. The van der Waals surface area contributed by atoms with Crippen molar-refractivity contribution < 1.29 is 32.7 Å². The highest BCUT2D eigenvalue weighted by Gasteiger charge is 2.39. The fraction of sp³-hybridized carbons (Fsp3) is 0.118. The molecule has 0 spiro atoms. The number of hydrogen-bond acceptors (Lipinski definition) is 6. The van der Waals surface area contributed by atoms with Crippen LogP contribution in [0, 0.1) is 10.1 Å². The maximum atomic E-state index is 13.0. The van der Waals surface area contributed by atoms with Gasteiger partial charge in [-0.2, -0.15) is 13.2 Å². The first kappa shape index (κ1) is 20.3. The predicted molar refractivity (Wildman–Crippen MR) is 94.6 cm³/mol. The molecule has 3 rings (SSSR count). The maximum absolute atomic E-state index is 13.0. The van der Waals surface area contributed by atoms with Crippen molar-refractivity contribution >= 4 is 17.3 Å². The van der Waals surface area contributed by atoms with Crippen LogP contribution in [-0.4, -0.2) is 19.8 Å². The van der Waals surface area contributed by atoms with Crippen LogP contribution in [0.1, 0.15) is 5.69 Å². The average molecular weight is 430 g/mol. The van der Waals surface area contributed by atoms with Crippen molar-refractivity contribution in [3.8, 4) is 28.9 Å². The molecule has 0 unspecified atom stereocenters. The molecule has 0 saturated carbocycles. The van der Waals surface area contributed by atoms with Crippen molar-refractivity contribution in [3.05, 3.63) is 63.3 Å². The molecule has 1 N–H and O–H groups in total. The highest BCUT2D eigenvalue weighted by molar-refractivity contribution is 6.32. The van der Waals surface area contributed by atoms with Gasteiger partial charge in [-0.15, -0.1) is 5.10 Å². The summed E-state index contributed by atoms with van der Waals surface area (Å²) in [5, 5.41) is 23.9. The molecule has 0 amide bonds. The van der Waals surface area contributed by atoms with Gasteiger partial charge in [-0.05, 0) is 18.2 Å². The standard InChI is InChI=1S/C17H11ClF3N3O5/c1-23-15(17(19,20)21)14(18)16(22-23)28-9-6-7-10(24(26)27)13(8-9)29-12-5-3-2-4-11(12)25/h2-8,25H,1H3. The summed E-state index contributed by atoms with van der Waals surface area (Å²) < 4.78 is 50.3. The normalized spacial score (nSPS) is 11.3. The van der Waals surface area contributed by atoms with Crippen molar-refractivity contribution in [3.63, 3.8) is 0 Å². The smallest absolute Gasteiger partial charge is 0.434 e. The zero-order chi connectivity index (χ0) is 21.3. The Balaban J connectivity index is 1.98. The second-order valence-electron chi connectivity index (χ2n) is 5.65. The fourth-order valence-electron chi connectivity index (χ4n) is 2.41. The zero-order valence-corrected chi connectivity index (χ0v) is 15.2. The number of alkyl halides is 3. The lowest BCUT2D eigenvalue weighted by molar-refractivity contribution is -0.385. The molecule has 1 aromatic heterocycles. The molecule has 0 saturated heterocycles. The third-order valence-electron chi connectivity index (χ3n) is 3.66. The summed E-state index contributed by atoms with van der Waals surface area (Å²) in [5.41, 5.74) is -1.66. The highest BCUT2D eigenvalue weighted by atomic mass is 35.5. The number of phenolic OH excluding ortho intramolecular Hbond substituents is 1. The molecule has 12 heteroatoms. The first-order valence-corrected chi connectivity index (χ1v) is 8.17. The number of aromatic nitrogens is 2. The van der Waals surface area contributed by atoms with Crippen LogP contribution < -0.4 is 9.47 Å². The van der Waals surface area contributed by atoms with E-state index in [9.17, 15) is 28.4 Å². The van der Waals surface area contributed by atoms with E-state index in [1.807, 2.05) is 0 Å². The molecule has 2 aromatic carbocycles. The van der Waals surface area contributed by atoms with E-state index >= 15 is 0 Å². The minimum atomic E-state index is -4.75. The molecule has 0 atom stereocenters. The van der Waals surface area contributed by atoms with Gasteiger partial charge < -0.3 is 14.6 Å². The molecule has 0 radical (unpaired) electrons. The summed E-state index contributed by atoms with van der Waals surface area (Å²) in [4.78, 5) is 10.5. The van der Waals surface area contributed by atoms with Crippen LogP contribution in [0.5, 0.6) is 28.9 Å². The van der Waals surface area contributed by atoms with Crippen LogP contribution >= 0.6 is 11.6 Å². The lowest BCUT2D eigenvalue weighted by Crippen LogP contribution is -2.12. The van der Waals surface area contributed by atoms with E-state index in [1.165, 1.54) is 24.3 Å². The van der Waals surface area contributed by atoms with Crippen LogP contribution in [0.4, 0.5) is 18.9 Å². The largest absolute Gasteiger partial charge is 0.504 e. The predicted octanol–water partition coefficient (Wildman–Crippen LogP) is 5.29. The van der Waals surface area contributed by atoms with Gasteiger partial charge in [0.1, 0.15) is 10.8 Å². The van der Waals surface area contributed by atoms with Crippen LogP contribution in [0.2, 0.25) is 5.02 Å². The number of nitro groups is 1. The summed E-state index contributed by atoms with van der Waals surface area (Å²) >= 11 is 5.74. The van der Waals surface area contributed by atoms with Crippen molar-refractivity contribution in [2.24, 2.45) is 7.05 Å². The summed E-state index contributed by atoms with van der Waals surface area (Å²) in [6.07, 6.45) is -4.75. The number of para-hydroxylation sites is 2. The Hall–Kier alpha value is -3.47. The fourth-order valence-corrected chi connectivity index (χ4v) is 2.72. The Morgan fingerprint density at radius 2 is 1.86 bits per heavy atom. The van der Waals surface area contributed by atoms with E-state index in [-0.39, 0.29) is 23.0 Å². The Bertz CT molecular complexity index is 1080. The molecule has 8 nitrogen and oxygen atoms in total. The van der Waals surface area contributed by atoms with Gasteiger partial charge in [0.05, 0.1) is 4.92 Å². The van der Waals surface area contributed by atoms with E-state index in [1.54, 1.807) is 0 Å². The Morgan fingerprint density at radius 1 is 1.17 bits per heavy atom. The monoisotopic (exact) mass is 429 g/mol. The highest BCUT2D eigenvalue weighted by Crippen LogP contribution is 2.42. The lowest BCUT2D eigenvalue weighted by atomic mass is 10.2. The number of nitro benzene ring substituents is 1. The number of benzene rings is 2. The van der Waals surface area contributed by atoms with Crippen LogP contribution in [0.15, 0.2) is 42.5 Å². The topological polar surface area (TPSA) is 99.7 Å². The van der Waals surface area contributed by atoms with Gasteiger partial charge in [-0.3, -0.25) is 14.8 Å². The first-order chi connectivity index (χ1) is 13.6. The second-order valence-corrected chi connectivity index (χ2v) is 6.03. The van der Waals surface area contributed by atoms with Gasteiger partial charge >= 0.3 is 11.9 Å². The molecule has 0 aliphatic rings. The third kappa shape index (κ3) is 4.19. The summed E-state index contributed by atoms with van der Waals surface area (Å²) in [6.45, 7) is 0. The number of ether oxygens (including phenoxy) is 2. The lowest BCUT2D eigenvalue weighted by Gasteiger charge is -2.10. The minimum absolute atomic E-state index is 0.0667. The van der Waals surface area contributed by atoms with Gasteiger partial charge in [0.25, 0.3) is 5.88 Å². The van der Waals surface area contributed by atoms with Crippen molar-refractivity contribution in [2.45, 2.75) is 6.18 Å². The first-order valence-electron chi connectivity index (χ1n) is 7.79. The molecule has 0 fully saturated rings. The Kier molecular flexibility index (Phi) is 5.25. The molecule has 3 aromatic rings. The molecular weight excluding hydrogens is 419 g/mol. The van der Waals surface area contributed by atoms with E-state index in [0.29, 0.717) is 4.68 Å². The number of aromatic hydroxyl groups is 1. The number of phenols is 1. The van der Waals surface area contributed by atoms with E-state index < -0.39 is 33.4 Å². The molecule has 1 heterocycles. The molecule has 0 aliphatic heterocycles. The van der Waals surface area contributed by atoms with Crippen molar-refractivity contribution in [1.29, 1.82) is 0 Å². The molecule has 0 aliphatic carbocycles. The van der Waals surface area contributed by atoms with Crippen molar-refractivity contribution in [2.75, 3.05) is 0 Å². The van der Waals surface area contributed by atoms with Gasteiger partial charge in [-0.25, -0.2) is 0 Å². The Labute approximate surface area is 165 Å². The molecular formula is C17H11ClF3N3O5. The van der Waals surface area contributed by atoms with Crippen LogP contribution in [0.25, 0.3) is 0 Å². The van der Waals surface area contributed by atoms with E-state index in [2.05, 4.69) is 5.10 Å². The van der Waals surface area contributed by atoms with E-state index in [0.717, 1.165) is 25.2 Å². The molecule has 152 valence electrons. The number of aryl methyl sites for hydroxylation is 1. The number of hydrogen-bond donors (Lipinski definition) is 1. The number of halogens is 4. The number of nitrogens with zero attached hydrogens (tertiary/aromatic N) is 3. The van der Waals surface area contributed by atoms with Crippen molar-refractivity contribution in [1.82, 2.24) is 9.78 Å².